The summed E-state index contributed by atoms with van der Waals surface area (Å²) in [6.07, 6.45) is 3.49. The maximum absolute atomic E-state index is 8.92. The third kappa shape index (κ3) is 4.57. The molecule has 1 aliphatic rings. The summed E-state index contributed by atoms with van der Waals surface area (Å²) in [5, 5.41) is 12.9. The van der Waals surface area contributed by atoms with Gasteiger partial charge >= 0.3 is 0 Å². The SMILES string of the molecule is CC(CCO)Sc1ccc(CNC2CC2)cc1Br. The second kappa shape index (κ2) is 6.94. The average molecular weight is 330 g/mol. The molecule has 1 saturated carbocycles. The van der Waals surface area contributed by atoms with Crippen molar-refractivity contribution < 1.29 is 5.11 Å². The Labute approximate surface area is 122 Å². The van der Waals surface area contributed by atoms with Crippen molar-refractivity contribution in [2.45, 2.75) is 48.9 Å². The van der Waals surface area contributed by atoms with Crippen molar-refractivity contribution in [3.05, 3.63) is 28.2 Å². The Morgan fingerprint density at radius 3 is 2.89 bits per heavy atom. The monoisotopic (exact) mass is 329 g/mol. The molecule has 1 fully saturated rings. The van der Waals surface area contributed by atoms with Crippen LogP contribution >= 0.6 is 27.7 Å². The maximum Gasteiger partial charge on any atom is 0.0441 e. The first-order valence-electron chi connectivity index (χ1n) is 6.48. The van der Waals surface area contributed by atoms with Gasteiger partial charge in [0, 0.05) is 33.8 Å². The first kappa shape index (κ1) is 14.4. The molecule has 0 aromatic heterocycles. The highest BCUT2D eigenvalue weighted by Crippen LogP contribution is 2.32. The van der Waals surface area contributed by atoms with E-state index < -0.39 is 0 Å². The van der Waals surface area contributed by atoms with Gasteiger partial charge in [-0.15, -0.1) is 11.8 Å². The molecule has 0 radical (unpaired) electrons. The van der Waals surface area contributed by atoms with Gasteiger partial charge < -0.3 is 10.4 Å². The minimum atomic E-state index is 0.259. The van der Waals surface area contributed by atoms with Crippen LogP contribution in [0.3, 0.4) is 0 Å². The molecule has 2 N–H and O–H groups in total. The topological polar surface area (TPSA) is 32.3 Å². The van der Waals surface area contributed by atoms with Gasteiger partial charge in [-0.05, 0) is 52.9 Å². The van der Waals surface area contributed by atoms with Crippen molar-refractivity contribution in [3.63, 3.8) is 0 Å². The highest BCUT2D eigenvalue weighted by Gasteiger charge is 2.20. The van der Waals surface area contributed by atoms with Crippen LogP contribution in [0.1, 0.15) is 31.7 Å². The highest BCUT2D eigenvalue weighted by atomic mass is 79.9. The molecular formula is C14H20BrNOS. The van der Waals surface area contributed by atoms with Gasteiger partial charge in [-0.2, -0.15) is 0 Å². The highest BCUT2D eigenvalue weighted by molar-refractivity contribution is 9.10. The number of thioether (sulfide) groups is 1. The van der Waals surface area contributed by atoms with E-state index in [-0.39, 0.29) is 6.61 Å². The Morgan fingerprint density at radius 2 is 2.28 bits per heavy atom. The number of rotatable bonds is 7. The number of benzene rings is 1. The largest absolute Gasteiger partial charge is 0.396 e. The molecule has 1 aromatic rings. The zero-order valence-electron chi connectivity index (χ0n) is 10.7. The molecule has 0 heterocycles. The van der Waals surface area contributed by atoms with E-state index >= 15 is 0 Å². The first-order chi connectivity index (χ1) is 8.69. The van der Waals surface area contributed by atoms with Gasteiger partial charge in [-0.3, -0.25) is 0 Å². The lowest BCUT2D eigenvalue weighted by molar-refractivity contribution is 0.289. The molecule has 0 aliphatic heterocycles. The van der Waals surface area contributed by atoms with Crippen molar-refractivity contribution in [3.8, 4) is 0 Å². The lowest BCUT2D eigenvalue weighted by Gasteiger charge is -2.12. The molecule has 1 atom stereocenters. The zero-order chi connectivity index (χ0) is 13.0. The van der Waals surface area contributed by atoms with Crippen molar-refractivity contribution in [2.24, 2.45) is 0 Å². The third-order valence-corrected chi connectivity index (χ3v) is 5.20. The number of nitrogens with one attached hydrogen (secondary N) is 1. The Bertz CT molecular complexity index is 395. The predicted molar refractivity (Wildman–Crippen MR) is 81.0 cm³/mol. The summed E-state index contributed by atoms with van der Waals surface area (Å²) >= 11 is 5.45. The number of aliphatic hydroxyl groups is 1. The number of hydrogen-bond donors (Lipinski definition) is 2. The van der Waals surface area contributed by atoms with E-state index in [4.69, 9.17) is 5.11 Å². The molecule has 0 saturated heterocycles. The Kier molecular flexibility index (Phi) is 5.55. The summed E-state index contributed by atoms with van der Waals surface area (Å²) < 4.78 is 1.16. The number of hydrogen-bond acceptors (Lipinski definition) is 3. The standard InChI is InChI=1S/C14H20BrNOS/c1-10(6-7-17)18-14-5-2-11(8-13(14)15)9-16-12-3-4-12/h2,5,8,10,12,16-17H,3-4,6-7,9H2,1H3. The van der Waals surface area contributed by atoms with Gasteiger partial charge in [0.2, 0.25) is 0 Å². The second-order valence-electron chi connectivity index (χ2n) is 4.86. The summed E-state index contributed by atoms with van der Waals surface area (Å²) in [6, 6.07) is 7.31. The fraction of sp³-hybridized carbons (Fsp3) is 0.571. The fourth-order valence-electron chi connectivity index (χ4n) is 1.76. The predicted octanol–water partition coefficient (Wildman–Crippen LogP) is 3.56. The summed E-state index contributed by atoms with van der Waals surface area (Å²) in [5.74, 6) is 0. The Hall–Kier alpha value is -0.0300. The van der Waals surface area contributed by atoms with Crippen molar-refractivity contribution in [1.82, 2.24) is 5.32 Å². The van der Waals surface area contributed by atoms with Gasteiger partial charge in [-0.25, -0.2) is 0 Å². The molecule has 1 unspecified atom stereocenters. The molecule has 1 aliphatic carbocycles. The van der Waals surface area contributed by atoms with E-state index in [0.29, 0.717) is 5.25 Å². The van der Waals surface area contributed by atoms with Gasteiger partial charge in [-0.1, -0.05) is 13.0 Å². The van der Waals surface area contributed by atoms with E-state index in [1.54, 1.807) is 0 Å². The summed E-state index contributed by atoms with van der Waals surface area (Å²) in [4.78, 5) is 1.26. The molecular weight excluding hydrogens is 310 g/mol. The van der Waals surface area contributed by atoms with E-state index in [0.717, 1.165) is 23.5 Å². The van der Waals surface area contributed by atoms with Crippen LogP contribution in [0.25, 0.3) is 0 Å². The summed E-state index contributed by atoms with van der Waals surface area (Å²) in [6.45, 7) is 3.37. The molecule has 4 heteroatoms. The minimum absolute atomic E-state index is 0.259. The van der Waals surface area contributed by atoms with Crippen LogP contribution in [0.4, 0.5) is 0 Å². The molecule has 0 spiro atoms. The molecule has 0 bridgehead atoms. The van der Waals surface area contributed by atoms with Crippen LogP contribution < -0.4 is 5.32 Å². The van der Waals surface area contributed by atoms with E-state index in [1.807, 2.05) is 11.8 Å². The van der Waals surface area contributed by atoms with Gasteiger partial charge in [0.1, 0.15) is 0 Å². The first-order valence-corrected chi connectivity index (χ1v) is 8.15. The third-order valence-electron chi connectivity index (χ3n) is 3.03. The Balaban J connectivity index is 1.90. The van der Waals surface area contributed by atoms with Crippen LogP contribution in [-0.4, -0.2) is 23.0 Å². The number of aliphatic hydroxyl groups excluding tert-OH is 1. The maximum atomic E-state index is 8.92. The van der Waals surface area contributed by atoms with Gasteiger partial charge in [0.15, 0.2) is 0 Å². The van der Waals surface area contributed by atoms with Crippen LogP contribution in [0.15, 0.2) is 27.6 Å². The van der Waals surface area contributed by atoms with Crippen LogP contribution in [-0.2, 0) is 6.54 Å². The van der Waals surface area contributed by atoms with E-state index in [9.17, 15) is 0 Å². The van der Waals surface area contributed by atoms with Crippen molar-refractivity contribution in [1.29, 1.82) is 0 Å². The smallest absolute Gasteiger partial charge is 0.0441 e. The molecule has 18 heavy (non-hydrogen) atoms. The second-order valence-corrected chi connectivity index (χ2v) is 7.20. The fourth-order valence-corrected chi connectivity index (χ4v) is 3.44. The minimum Gasteiger partial charge on any atom is -0.396 e. The van der Waals surface area contributed by atoms with Crippen molar-refractivity contribution in [2.75, 3.05) is 6.61 Å². The Morgan fingerprint density at radius 1 is 1.50 bits per heavy atom. The van der Waals surface area contributed by atoms with E-state index in [1.165, 1.54) is 23.3 Å². The molecule has 2 nitrogen and oxygen atoms in total. The normalized spacial score (nSPS) is 16.8. The quantitative estimate of drug-likeness (QED) is 0.750. The van der Waals surface area contributed by atoms with Gasteiger partial charge in [0.05, 0.1) is 0 Å². The summed E-state index contributed by atoms with van der Waals surface area (Å²) in [7, 11) is 0. The molecule has 100 valence electrons. The zero-order valence-corrected chi connectivity index (χ0v) is 13.1. The van der Waals surface area contributed by atoms with E-state index in [2.05, 4.69) is 46.4 Å². The van der Waals surface area contributed by atoms with Crippen LogP contribution in [0.5, 0.6) is 0 Å². The van der Waals surface area contributed by atoms with Gasteiger partial charge in [0.25, 0.3) is 0 Å². The lowest BCUT2D eigenvalue weighted by Crippen LogP contribution is -2.15. The summed E-state index contributed by atoms with van der Waals surface area (Å²) in [5.41, 5.74) is 1.33. The molecule has 0 amide bonds. The molecule has 1 aromatic carbocycles. The lowest BCUT2D eigenvalue weighted by atomic mass is 10.2. The van der Waals surface area contributed by atoms with Crippen LogP contribution in [0, 0.1) is 0 Å². The number of halogens is 1. The average Bonchev–Trinajstić information content (AvgIpc) is 3.14. The van der Waals surface area contributed by atoms with Crippen molar-refractivity contribution >= 4 is 27.7 Å². The van der Waals surface area contributed by atoms with Crippen LogP contribution in [0.2, 0.25) is 0 Å². The molecule has 2 rings (SSSR count).